The number of hydrogen-bond acceptors (Lipinski definition) is 2. The van der Waals surface area contributed by atoms with E-state index >= 15 is 0 Å². The minimum atomic E-state index is 1.12. The van der Waals surface area contributed by atoms with Gasteiger partial charge in [-0.25, -0.2) is 0 Å². The van der Waals surface area contributed by atoms with Crippen molar-refractivity contribution in [2.24, 2.45) is 0 Å². The SMILES string of the molecule is c1ccc(-c2ccc(N(c3ccc(-c4ccccc4)cc3)c3c4ccccc4cc4c3sc3cc(-c5ccc6ccccc6c5)ccc34)cc2)cc1. The average Bonchev–Trinajstić information content (AvgIpc) is 3.59. The third kappa shape index (κ3) is 5.33. The van der Waals surface area contributed by atoms with E-state index in [4.69, 9.17) is 0 Å². The Bertz CT molecular complexity index is 2790. The van der Waals surface area contributed by atoms with E-state index < -0.39 is 0 Å². The Kier molecular flexibility index (Phi) is 7.41. The highest BCUT2D eigenvalue weighted by Crippen LogP contribution is 2.49. The van der Waals surface area contributed by atoms with Gasteiger partial charge in [-0.05, 0) is 92.0 Å². The zero-order chi connectivity index (χ0) is 34.4. The van der Waals surface area contributed by atoms with Gasteiger partial charge in [0.05, 0.1) is 10.4 Å². The topological polar surface area (TPSA) is 3.24 Å². The molecule has 0 radical (unpaired) electrons. The predicted octanol–water partition coefficient (Wildman–Crippen LogP) is 14.8. The van der Waals surface area contributed by atoms with Crippen molar-refractivity contribution < 1.29 is 0 Å². The normalized spacial score (nSPS) is 11.5. The summed E-state index contributed by atoms with van der Waals surface area (Å²) in [4.78, 5) is 2.47. The van der Waals surface area contributed by atoms with Gasteiger partial charge in [0.15, 0.2) is 0 Å². The monoisotopic (exact) mass is 679 g/mol. The van der Waals surface area contributed by atoms with Crippen LogP contribution in [0.4, 0.5) is 17.1 Å². The first-order chi connectivity index (χ1) is 25.8. The summed E-state index contributed by atoms with van der Waals surface area (Å²) in [5.74, 6) is 0. The highest BCUT2D eigenvalue weighted by atomic mass is 32.1. The van der Waals surface area contributed by atoms with E-state index in [1.165, 1.54) is 80.8 Å². The van der Waals surface area contributed by atoms with E-state index in [-0.39, 0.29) is 0 Å². The summed E-state index contributed by atoms with van der Waals surface area (Å²) in [5, 5.41) is 7.56. The van der Waals surface area contributed by atoms with Crippen LogP contribution in [0, 0.1) is 0 Å². The highest BCUT2D eigenvalue weighted by Gasteiger charge is 2.22. The van der Waals surface area contributed by atoms with Crippen molar-refractivity contribution in [2.45, 2.75) is 0 Å². The Morgan fingerprint density at radius 2 is 0.808 bits per heavy atom. The molecule has 0 amide bonds. The molecule has 0 fully saturated rings. The zero-order valence-electron chi connectivity index (χ0n) is 28.4. The molecule has 0 saturated carbocycles. The molecular weight excluding hydrogens is 647 g/mol. The lowest BCUT2D eigenvalue weighted by molar-refractivity contribution is 1.31. The van der Waals surface area contributed by atoms with Gasteiger partial charge in [0.2, 0.25) is 0 Å². The molecule has 9 aromatic carbocycles. The van der Waals surface area contributed by atoms with Crippen molar-refractivity contribution >= 4 is 70.1 Å². The van der Waals surface area contributed by atoms with Gasteiger partial charge in [-0.3, -0.25) is 0 Å². The number of anilines is 3. The fraction of sp³-hybridized carbons (Fsp3) is 0. The summed E-state index contributed by atoms with van der Waals surface area (Å²) in [6.45, 7) is 0. The van der Waals surface area contributed by atoms with Gasteiger partial charge in [0, 0.05) is 32.2 Å². The van der Waals surface area contributed by atoms with E-state index in [0.29, 0.717) is 0 Å². The van der Waals surface area contributed by atoms with Crippen molar-refractivity contribution in [3.63, 3.8) is 0 Å². The molecule has 1 nitrogen and oxygen atoms in total. The molecule has 0 aliphatic rings. The van der Waals surface area contributed by atoms with Gasteiger partial charge in [0.1, 0.15) is 0 Å². The molecule has 10 rings (SSSR count). The van der Waals surface area contributed by atoms with Crippen LogP contribution >= 0.6 is 11.3 Å². The van der Waals surface area contributed by atoms with Gasteiger partial charge >= 0.3 is 0 Å². The van der Waals surface area contributed by atoms with Crippen molar-refractivity contribution in [1.82, 2.24) is 0 Å². The maximum atomic E-state index is 2.47. The van der Waals surface area contributed by atoms with Gasteiger partial charge in [-0.2, -0.15) is 0 Å². The van der Waals surface area contributed by atoms with Crippen LogP contribution in [0.1, 0.15) is 0 Å². The average molecular weight is 680 g/mol. The fourth-order valence-electron chi connectivity index (χ4n) is 7.60. The molecule has 0 bridgehead atoms. The van der Waals surface area contributed by atoms with Crippen LogP contribution in [0.2, 0.25) is 0 Å². The van der Waals surface area contributed by atoms with E-state index in [1.54, 1.807) is 0 Å². The van der Waals surface area contributed by atoms with Crippen molar-refractivity contribution in [3.8, 4) is 33.4 Å². The maximum Gasteiger partial charge on any atom is 0.0718 e. The lowest BCUT2D eigenvalue weighted by Gasteiger charge is -2.28. The van der Waals surface area contributed by atoms with Gasteiger partial charge < -0.3 is 4.90 Å². The van der Waals surface area contributed by atoms with Crippen LogP contribution in [-0.4, -0.2) is 0 Å². The van der Waals surface area contributed by atoms with Crippen LogP contribution in [-0.2, 0) is 0 Å². The van der Waals surface area contributed by atoms with E-state index in [9.17, 15) is 0 Å². The van der Waals surface area contributed by atoms with Crippen LogP contribution in [0.3, 0.4) is 0 Å². The van der Waals surface area contributed by atoms with Gasteiger partial charge in [0.25, 0.3) is 0 Å². The third-order valence-corrected chi connectivity index (χ3v) is 11.4. The Hall–Kier alpha value is -6.48. The number of fused-ring (bicyclic) bond motifs is 5. The summed E-state index contributed by atoms with van der Waals surface area (Å²) < 4.78 is 2.57. The fourth-order valence-corrected chi connectivity index (χ4v) is 8.87. The maximum absolute atomic E-state index is 2.47. The van der Waals surface area contributed by atoms with E-state index in [2.05, 4.69) is 205 Å². The van der Waals surface area contributed by atoms with Crippen molar-refractivity contribution in [2.75, 3.05) is 4.90 Å². The number of nitrogens with zero attached hydrogens (tertiary/aromatic N) is 1. The Morgan fingerprint density at radius 1 is 0.308 bits per heavy atom. The molecule has 0 unspecified atom stereocenters. The predicted molar refractivity (Wildman–Crippen MR) is 225 cm³/mol. The Morgan fingerprint density at radius 3 is 1.46 bits per heavy atom. The number of thiophene rings is 1. The zero-order valence-corrected chi connectivity index (χ0v) is 29.2. The van der Waals surface area contributed by atoms with Crippen molar-refractivity contribution in [1.29, 1.82) is 0 Å². The molecule has 0 aliphatic carbocycles. The molecule has 1 aromatic heterocycles. The summed E-state index contributed by atoms with van der Waals surface area (Å²) in [6, 6.07) is 72.9. The van der Waals surface area contributed by atoms with Crippen LogP contribution in [0.15, 0.2) is 200 Å². The largest absolute Gasteiger partial charge is 0.308 e. The second kappa shape index (κ2) is 12.7. The molecule has 0 N–H and O–H groups in total. The van der Waals surface area contributed by atoms with E-state index in [0.717, 1.165) is 11.4 Å². The van der Waals surface area contributed by atoms with Crippen LogP contribution in [0.5, 0.6) is 0 Å². The minimum Gasteiger partial charge on any atom is -0.308 e. The lowest BCUT2D eigenvalue weighted by atomic mass is 9.98. The van der Waals surface area contributed by atoms with Gasteiger partial charge in [-0.15, -0.1) is 11.3 Å². The van der Waals surface area contributed by atoms with Crippen LogP contribution in [0.25, 0.3) is 75.1 Å². The molecule has 2 heteroatoms. The standard InChI is InChI=1S/C50H33NS/c1-3-11-34(12-4-1)37-21-26-43(27-22-37)51(44-28-23-38(24-29-44)35-13-5-2-6-14-35)49-45-18-10-9-17-42(45)32-47-46-30-25-41(33-48(46)52-50(47)49)40-20-19-36-15-7-8-16-39(36)31-40/h1-33H. The third-order valence-electron chi connectivity index (χ3n) is 10.2. The number of rotatable bonds is 6. The minimum absolute atomic E-state index is 1.12. The molecule has 52 heavy (non-hydrogen) atoms. The quantitative estimate of drug-likeness (QED) is 0.169. The molecule has 244 valence electrons. The van der Waals surface area contributed by atoms with E-state index in [1.807, 2.05) is 11.3 Å². The first kappa shape index (κ1) is 30.4. The molecule has 0 aliphatic heterocycles. The molecule has 0 atom stereocenters. The Balaban J connectivity index is 1.19. The first-order valence-corrected chi connectivity index (χ1v) is 18.6. The molecule has 10 aromatic rings. The van der Waals surface area contributed by atoms with Crippen molar-refractivity contribution in [3.05, 3.63) is 200 Å². The lowest BCUT2D eigenvalue weighted by Crippen LogP contribution is -2.10. The van der Waals surface area contributed by atoms with Crippen LogP contribution < -0.4 is 4.90 Å². The number of benzene rings is 9. The summed E-state index contributed by atoms with van der Waals surface area (Å²) >= 11 is 1.89. The second-order valence-electron chi connectivity index (χ2n) is 13.4. The highest BCUT2D eigenvalue weighted by molar-refractivity contribution is 7.26. The molecular formula is C50H33NS. The number of hydrogen-bond donors (Lipinski definition) is 0. The van der Waals surface area contributed by atoms with Gasteiger partial charge in [-0.1, -0.05) is 158 Å². The molecule has 1 heterocycles. The molecule has 0 saturated heterocycles. The Labute approximate surface area is 307 Å². The summed E-state index contributed by atoms with van der Waals surface area (Å²) in [7, 11) is 0. The smallest absolute Gasteiger partial charge is 0.0718 e. The first-order valence-electron chi connectivity index (χ1n) is 17.8. The summed E-state index contributed by atoms with van der Waals surface area (Å²) in [5.41, 5.74) is 10.8. The molecule has 0 spiro atoms. The second-order valence-corrected chi connectivity index (χ2v) is 14.4. The summed E-state index contributed by atoms with van der Waals surface area (Å²) in [6.07, 6.45) is 0.